The molecule has 0 spiro atoms. The van der Waals surface area contributed by atoms with Crippen LogP contribution in [0, 0.1) is 25.3 Å². The average Bonchev–Trinajstić information content (AvgIpc) is 2.66. The van der Waals surface area contributed by atoms with Gasteiger partial charge in [-0.05, 0) is 25.5 Å². The molecule has 0 aliphatic heterocycles. The van der Waals surface area contributed by atoms with Crippen molar-refractivity contribution in [2.24, 2.45) is 0 Å². The van der Waals surface area contributed by atoms with E-state index < -0.39 is 6.04 Å². The average molecular weight is 342 g/mol. The van der Waals surface area contributed by atoms with Crippen LogP contribution in [0.3, 0.4) is 0 Å². The quantitative estimate of drug-likeness (QED) is 0.398. The predicted octanol–water partition coefficient (Wildman–Crippen LogP) is 4.01. The molecule has 1 unspecified atom stereocenters. The van der Waals surface area contributed by atoms with Crippen molar-refractivity contribution in [3.63, 3.8) is 0 Å². The lowest BCUT2D eigenvalue weighted by molar-refractivity contribution is 0.0961. The Hall–Kier alpha value is -3.52. The van der Waals surface area contributed by atoms with Gasteiger partial charge in [-0.2, -0.15) is 5.26 Å². The zero-order chi connectivity index (χ0) is 18.5. The standard InChI is InChI=1S/C21H18N4O/c1-15-13-16(2)24-21(23-15)25(14-22)19(17-9-5-3-6-10-17)20(26)18-11-7-4-8-12-18/h3-13,19H,1-2H3. The molecule has 1 atom stereocenters. The van der Waals surface area contributed by atoms with Crippen LogP contribution in [-0.2, 0) is 0 Å². The van der Waals surface area contributed by atoms with Crippen LogP contribution < -0.4 is 4.90 Å². The fraction of sp³-hybridized carbons (Fsp3) is 0.143. The van der Waals surface area contributed by atoms with Gasteiger partial charge in [0.1, 0.15) is 6.04 Å². The van der Waals surface area contributed by atoms with Gasteiger partial charge in [0.2, 0.25) is 5.95 Å². The highest BCUT2D eigenvalue weighted by atomic mass is 16.1. The number of hydrogen-bond acceptors (Lipinski definition) is 5. The second-order valence-electron chi connectivity index (χ2n) is 5.96. The molecular weight excluding hydrogens is 324 g/mol. The van der Waals surface area contributed by atoms with Crippen LogP contribution in [0.15, 0.2) is 66.7 Å². The van der Waals surface area contributed by atoms with Crippen molar-refractivity contribution < 1.29 is 4.79 Å². The zero-order valence-electron chi connectivity index (χ0n) is 14.6. The number of aryl methyl sites for hydroxylation is 2. The topological polar surface area (TPSA) is 69.9 Å². The maximum absolute atomic E-state index is 13.2. The number of Topliss-reactive ketones (excluding diaryl/α,β-unsaturated/α-hetero) is 1. The van der Waals surface area contributed by atoms with E-state index in [0.29, 0.717) is 11.1 Å². The van der Waals surface area contributed by atoms with Gasteiger partial charge in [0.15, 0.2) is 12.0 Å². The third-order valence-electron chi connectivity index (χ3n) is 3.97. The van der Waals surface area contributed by atoms with Gasteiger partial charge in [-0.3, -0.25) is 4.79 Å². The fourth-order valence-corrected chi connectivity index (χ4v) is 2.85. The normalized spacial score (nSPS) is 11.4. The van der Waals surface area contributed by atoms with Crippen molar-refractivity contribution in [3.8, 4) is 6.19 Å². The molecule has 0 aliphatic rings. The van der Waals surface area contributed by atoms with E-state index in [9.17, 15) is 10.1 Å². The Morgan fingerprint density at radius 2 is 1.50 bits per heavy atom. The second kappa shape index (κ2) is 7.58. The first-order valence-corrected chi connectivity index (χ1v) is 8.25. The number of anilines is 1. The number of benzene rings is 2. The van der Waals surface area contributed by atoms with E-state index in [-0.39, 0.29) is 11.7 Å². The SMILES string of the molecule is Cc1cc(C)nc(N(C#N)C(C(=O)c2ccccc2)c2ccccc2)n1. The number of rotatable bonds is 5. The molecule has 0 saturated carbocycles. The molecule has 1 aromatic heterocycles. The van der Waals surface area contributed by atoms with Crippen LogP contribution in [0.1, 0.15) is 33.4 Å². The minimum absolute atomic E-state index is 0.180. The Balaban J connectivity index is 2.13. The van der Waals surface area contributed by atoms with Gasteiger partial charge in [0.05, 0.1) is 0 Å². The van der Waals surface area contributed by atoms with Crippen molar-refractivity contribution in [2.45, 2.75) is 19.9 Å². The highest BCUT2D eigenvalue weighted by Crippen LogP contribution is 2.28. The molecule has 0 fully saturated rings. The maximum atomic E-state index is 13.2. The van der Waals surface area contributed by atoms with E-state index in [1.807, 2.05) is 56.3 Å². The lowest BCUT2D eigenvalue weighted by Crippen LogP contribution is -2.32. The third-order valence-corrected chi connectivity index (χ3v) is 3.97. The van der Waals surface area contributed by atoms with Crippen molar-refractivity contribution in [2.75, 3.05) is 4.90 Å². The molecule has 128 valence electrons. The lowest BCUT2D eigenvalue weighted by Gasteiger charge is -2.25. The molecule has 5 heteroatoms. The molecule has 1 heterocycles. The van der Waals surface area contributed by atoms with Gasteiger partial charge < -0.3 is 0 Å². The monoisotopic (exact) mass is 342 g/mol. The van der Waals surface area contributed by atoms with E-state index in [1.165, 1.54) is 4.90 Å². The Morgan fingerprint density at radius 3 is 2.04 bits per heavy atom. The molecule has 0 aliphatic carbocycles. The van der Waals surface area contributed by atoms with Crippen LogP contribution in [0.4, 0.5) is 5.95 Å². The molecule has 0 amide bonds. The Bertz CT molecular complexity index is 929. The van der Waals surface area contributed by atoms with Gasteiger partial charge in [-0.25, -0.2) is 14.9 Å². The Morgan fingerprint density at radius 1 is 0.962 bits per heavy atom. The largest absolute Gasteiger partial charge is 0.291 e. The van der Waals surface area contributed by atoms with Crippen LogP contribution in [0.25, 0.3) is 0 Å². The van der Waals surface area contributed by atoms with Gasteiger partial charge in [-0.15, -0.1) is 0 Å². The molecule has 0 saturated heterocycles. The summed E-state index contributed by atoms with van der Waals surface area (Å²) in [5.41, 5.74) is 2.73. The highest BCUT2D eigenvalue weighted by Gasteiger charge is 2.31. The summed E-state index contributed by atoms with van der Waals surface area (Å²) in [6, 6.07) is 19.2. The highest BCUT2D eigenvalue weighted by molar-refractivity contribution is 6.02. The summed E-state index contributed by atoms with van der Waals surface area (Å²) in [6.07, 6.45) is 2.11. The summed E-state index contributed by atoms with van der Waals surface area (Å²) < 4.78 is 0. The van der Waals surface area contributed by atoms with Crippen LogP contribution >= 0.6 is 0 Å². The Kier molecular flexibility index (Phi) is 5.04. The lowest BCUT2D eigenvalue weighted by atomic mass is 9.96. The van der Waals surface area contributed by atoms with Crippen molar-refractivity contribution >= 4 is 11.7 Å². The summed E-state index contributed by atoms with van der Waals surface area (Å²) >= 11 is 0. The number of carbonyl (C=O) groups is 1. The third kappa shape index (κ3) is 3.60. The zero-order valence-corrected chi connectivity index (χ0v) is 14.6. The van der Waals surface area contributed by atoms with Crippen molar-refractivity contribution in [1.82, 2.24) is 9.97 Å². The van der Waals surface area contributed by atoms with E-state index in [4.69, 9.17) is 0 Å². The van der Waals surface area contributed by atoms with E-state index >= 15 is 0 Å². The number of nitriles is 1. The molecule has 3 rings (SSSR count). The van der Waals surface area contributed by atoms with Crippen LogP contribution in [0.5, 0.6) is 0 Å². The smallest absolute Gasteiger partial charge is 0.240 e. The predicted molar refractivity (Wildman–Crippen MR) is 99.6 cm³/mol. The van der Waals surface area contributed by atoms with Gasteiger partial charge in [-0.1, -0.05) is 60.7 Å². The number of carbonyl (C=O) groups excluding carboxylic acids is 1. The van der Waals surface area contributed by atoms with E-state index in [2.05, 4.69) is 16.2 Å². The molecule has 5 nitrogen and oxygen atoms in total. The summed E-state index contributed by atoms with van der Waals surface area (Å²) in [5, 5.41) is 9.83. The number of hydrogen-bond donors (Lipinski definition) is 0. The molecular formula is C21H18N4O. The first kappa shape index (κ1) is 17.3. The molecule has 0 radical (unpaired) electrons. The number of nitrogens with zero attached hydrogens (tertiary/aromatic N) is 4. The molecule has 2 aromatic carbocycles. The van der Waals surface area contributed by atoms with Crippen molar-refractivity contribution in [1.29, 1.82) is 5.26 Å². The maximum Gasteiger partial charge on any atom is 0.240 e. The number of aromatic nitrogens is 2. The van der Waals surface area contributed by atoms with E-state index in [1.54, 1.807) is 24.3 Å². The number of ketones is 1. The van der Waals surface area contributed by atoms with Gasteiger partial charge >= 0.3 is 0 Å². The summed E-state index contributed by atoms with van der Waals surface area (Å²) in [6.45, 7) is 3.68. The van der Waals surface area contributed by atoms with E-state index in [0.717, 1.165) is 11.4 Å². The van der Waals surface area contributed by atoms with Crippen molar-refractivity contribution in [3.05, 3.63) is 89.2 Å². The second-order valence-corrected chi connectivity index (χ2v) is 5.96. The fourth-order valence-electron chi connectivity index (χ4n) is 2.85. The first-order valence-electron chi connectivity index (χ1n) is 8.25. The first-order chi connectivity index (χ1) is 12.6. The molecule has 3 aromatic rings. The molecule has 0 bridgehead atoms. The Labute approximate surface area is 152 Å². The minimum Gasteiger partial charge on any atom is -0.291 e. The summed E-state index contributed by atoms with van der Waals surface area (Å²) in [4.78, 5) is 23.3. The van der Waals surface area contributed by atoms with Crippen LogP contribution in [-0.4, -0.2) is 15.8 Å². The van der Waals surface area contributed by atoms with Crippen LogP contribution in [0.2, 0.25) is 0 Å². The minimum atomic E-state index is -0.829. The summed E-state index contributed by atoms with van der Waals surface area (Å²) in [7, 11) is 0. The molecule has 26 heavy (non-hydrogen) atoms. The molecule has 0 N–H and O–H groups in total. The van der Waals surface area contributed by atoms with Gasteiger partial charge in [0, 0.05) is 17.0 Å². The van der Waals surface area contributed by atoms with Gasteiger partial charge in [0.25, 0.3) is 0 Å². The summed E-state index contributed by atoms with van der Waals surface area (Å²) in [5.74, 6) is 0.0456.